The first-order chi connectivity index (χ1) is 7.04. The van der Waals surface area contributed by atoms with Crippen LogP contribution in [0.15, 0.2) is 12.1 Å². The molecule has 82 valence electrons. The van der Waals surface area contributed by atoms with E-state index in [1.54, 1.807) is 13.0 Å². The molecule has 0 aliphatic rings. The Morgan fingerprint density at radius 3 is 2.73 bits per heavy atom. The number of pyridine rings is 1. The molecule has 0 amide bonds. The van der Waals surface area contributed by atoms with Crippen molar-refractivity contribution in [2.75, 3.05) is 7.05 Å². The molecule has 0 radical (unpaired) electrons. The third-order valence-electron chi connectivity index (χ3n) is 2.32. The lowest BCUT2D eigenvalue weighted by atomic mass is 10.1. The van der Waals surface area contributed by atoms with Gasteiger partial charge in [-0.05, 0) is 27.0 Å². The molecular formula is C10H15N3O2. The highest BCUT2D eigenvalue weighted by Crippen LogP contribution is 2.15. The van der Waals surface area contributed by atoms with Gasteiger partial charge in [0.15, 0.2) is 0 Å². The molecule has 0 aliphatic heterocycles. The van der Waals surface area contributed by atoms with E-state index in [0.29, 0.717) is 11.7 Å². The SMILES string of the molecule is CNC(C)Cc1ccc([N+](=O)[O-])c(C)n1. The molecule has 1 N–H and O–H groups in total. The van der Waals surface area contributed by atoms with Gasteiger partial charge in [0.25, 0.3) is 5.69 Å². The van der Waals surface area contributed by atoms with E-state index < -0.39 is 4.92 Å². The van der Waals surface area contributed by atoms with Crippen LogP contribution in [0, 0.1) is 17.0 Å². The van der Waals surface area contributed by atoms with E-state index in [0.717, 1.165) is 12.1 Å². The molecule has 1 heterocycles. The number of aromatic nitrogens is 1. The lowest BCUT2D eigenvalue weighted by Crippen LogP contribution is -2.24. The van der Waals surface area contributed by atoms with Crippen molar-refractivity contribution in [2.24, 2.45) is 0 Å². The van der Waals surface area contributed by atoms with Gasteiger partial charge in [-0.25, -0.2) is 0 Å². The van der Waals surface area contributed by atoms with E-state index in [9.17, 15) is 10.1 Å². The monoisotopic (exact) mass is 209 g/mol. The summed E-state index contributed by atoms with van der Waals surface area (Å²) in [7, 11) is 1.88. The van der Waals surface area contributed by atoms with Crippen molar-refractivity contribution < 1.29 is 4.92 Å². The molecule has 5 nitrogen and oxygen atoms in total. The molecular weight excluding hydrogens is 194 g/mol. The van der Waals surface area contributed by atoms with Crippen molar-refractivity contribution in [3.8, 4) is 0 Å². The van der Waals surface area contributed by atoms with Crippen LogP contribution in [0.5, 0.6) is 0 Å². The maximum Gasteiger partial charge on any atom is 0.290 e. The summed E-state index contributed by atoms with van der Waals surface area (Å²) in [6, 6.07) is 3.54. The standard InChI is InChI=1S/C10H15N3O2/c1-7(11-3)6-9-4-5-10(13(14)15)8(2)12-9/h4-5,7,11H,6H2,1-3H3. The van der Waals surface area contributed by atoms with Crippen molar-refractivity contribution in [2.45, 2.75) is 26.3 Å². The van der Waals surface area contributed by atoms with Crippen LogP contribution in [0.3, 0.4) is 0 Å². The van der Waals surface area contributed by atoms with Gasteiger partial charge in [0, 0.05) is 24.2 Å². The Morgan fingerprint density at radius 1 is 1.60 bits per heavy atom. The normalized spacial score (nSPS) is 12.5. The lowest BCUT2D eigenvalue weighted by molar-refractivity contribution is -0.385. The summed E-state index contributed by atoms with van der Waals surface area (Å²) in [4.78, 5) is 14.4. The van der Waals surface area contributed by atoms with Crippen LogP contribution >= 0.6 is 0 Å². The number of hydrogen-bond donors (Lipinski definition) is 1. The molecule has 1 aromatic rings. The fourth-order valence-corrected chi connectivity index (χ4v) is 1.33. The summed E-state index contributed by atoms with van der Waals surface area (Å²) in [5.41, 5.74) is 1.43. The maximum atomic E-state index is 10.6. The van der Waals surface area contributed by atoms with Gasteiger partial charge < -0.3 is 5.32 Å². The highest BCUT2D eigenvalue weighted by atomic mass is 16.6. The minimum Gasteiger partial charge on any atom is -0.317 e. The molecule has 0 aliphatic carbocycles. The number of likely N-dealkylation sites (N-methyl/N-ethyl adjacent to an activating group) is 1. The Morgan fingerprint density at radius 2 is 2.27 bits per heavy atom. The van der Waals surface area contributed by atoms with E-state index in [-0.39, 0.29) is 5.69 Å². The number of rotatable bonds is 4. The predicted molar refractivity (Wildman–Crippen MR) is 57.9 cm³/mol. The number of nitrogens with one attached hydrogen (secondary N) is 1. The van der Waals surface area contributed by atoms with E-state index in [1.165, 1.54) is 6.07 Å². The van der Waals surface area contributed by atoms with Crippen molar-refractivity contribution >= 4 is 5.69 Å². The van der Waals surface area contributed by atoms with Gasteiger partial charge in [-0.2, -0.15) is 0 Å². The van der Waals surface area contributed by atoms with Gasteiger partial charge in [-0.15, -0.1) is 0 Å². The second-order valence-corrected chi connectivity index (χ2v) is 3.56. The molecule has 0 saturated heterocycles. The zero-order chi connectivity index (χ0) is 11.4. The fraction of sp³-hybridized carbons (Fsp3) is 0.500. The van der Waals surface area contributed by atoms with Gasteiger partial charge in [0.1, 0.15) is 5.69 Å². The fourth-order valence-electron chi connectivity index (χ4n) is 1.33. The van der Waals surface area contributed by atoms with E-state index >= 15 is 0 Å². The van der Waals surface area contributed by atoms with E-state index in [4.69, 9.17) is 0 Å². The average molecular weight is 209 g/mol. The highest BCUT2D eigenvalue weighted by molar-refractivity contribution is 5.35. The Balaban J connectivity index is 2.87. The smallest absolute Gasteiger partial charge is 0.290 e. The molecule has 1 rings (SSSR count). The second kappa shape index (κ2) is 4.84. The Bertz CT molecular complexity index is 366. The van der Waals surface area contributed by atoms with Gasteiger partial charge in [-0.3, -0.25) is 15.1 Å². The molecule has 5 heteroatoms. The number of hydrogen-bond acceptors (Lipinski definition) is 4. The maximum absolute atomic E-state index is 10.6. The van der Waals surface area contributed by atoms with Gasteiger partial charge in [0.05, 0.1) is 4.92 Å². The van der Waals surface area contributed by atoms with Crippen LogP contribution in [-0.2, 0) is 6.42 Å². The Labute approximate surface area is 88.7 Å². The molecule has 0 aromatic carbocycles. The quantitative estimate of drug-likeness (QED) is 0.602. The van der Waals surface area contributed by atoms with Crippen molar-refractivity contribution in [1.29, 1.82) is 0 Å². The van der Waals surface area contributed by atoms with Crippen LogP contribution in [0.1, 0.15) is 18.3 Å². The molecule has 0 saturated carbocycles. The number of nitrogens with zero attached hydrogens (tertiary/aromatic N) is 2. The van der Waals surface area contributed by atoms with Crippen LogP contribution in [0.2, 0.25) is 0 Å². The third kappa shape index (κ3) is 2.99. The first kappa shape index (κ1) is 11.6. The van der Waals surface area contributed by atoms with Crippen LogP contribution in [-0.4, -0.2) is 23.0 Å². The first-order valence-electron chi connectivity index (χ1n) is 4.82. The largest absolute Gasteiger partial charge is 0.317 e. The van der Waals surface area contributed by atoms with Crippen molar-refractivity contribution in [3.63, 3.8) is 0 Å². The summed E-state index contributed by atoms with van der Waals surface area (Å²) in [6.07, 6.45) is 0.773. The third-order valence-corrected chi connectivity index (χ3v) is 2.32. The van der Waals surface area contributed by atoms with Crippen molar-refractivity contribution in [1.82, 2.24) is 10.3 Å². The van der Waals surface area contributed by atoms with Gasteiger partial charge >= 0.3 is 0 Å². The van der Waals surface area contributed by atoms with E-state index in [2.05, 4.69) is 10.3 Å². The zero-order valence-electron chi connectivity index (χ0n) is 9.15. The van der Waals surface area contributed by atoms with Crippen LogP contribution in [0.25, 0.3) is 0 Å². The average Bonchev–Trinajstić information content (AvgIpc) is 2.17. The molecule has 1 atom stereocenters. The van der Waals surface area contributed by atoms with Crippen molar-refractivity contribution in [3.05, 3.63) is 33.6 Å². The van der Waals surface area contributed by atoms with Gasteiger partial charge in [0.2, 0.25) is 0 Å². The van der Waals surface area contributed by atoms with Gasteiger partial charge in [-0.1, -0.05) is 0 Å². The minimum atomic E-state index is -0.409. The summed E-state index contributed by atoms with van der Waals surface area (Å²) in [6.45, 7) is 3.70. The Hall–Kier alpha value is -1.49. The summed E-state index contributed by atoms with van der Waals surface area (Å²) < 4.78 is 0. The second-order valence-electron chi connectivity index (χ2n) is 3.56. The molecule has 0 bridgehead atoms. The molecule has 1 aromatic heterocycles. The Kier molecular flexibility index (Phi) is 3.74. The lowest BCUT2D eigenvalue weighted by Gasteiger charge is -2.09. The number of nitro groups is 1. The number of aryl methyl sites for hydroxylation is 1. The molecule has 15 heavy (non-hydrogen) atoms. The molecule has 0 spiro atoms. The predicted octanol–water partition coefficient (Wildman–Crippen LogP) is 1.45. The van der Waals surface area contributed by atoms with Crippen LogP contribution < -0.4 is 5.32 Å². The molecule has 0 fully saturated rings. The molecule has 1 unspecified atom stereocenters. The van der Waals surface area contributed by atoms with E-state index in [1.807, 2.05) is 14.0 Å². The minimum absolute atomic E-state index is 0.0795. The summed E-state index contributed by atoms with van der Waals surface area (Å²) >= 11 is 0. The topological polar surface area (TPSA) is 68.1 Å². The zero-order valence-corrected chi connectivity index (χ0v) is 9.15. The summed E-state index contributed by atoms with van der Waals surface area (Å²) in [5.74, 6) is 0. The first-order valence-corrected chi connectivity index (χ1v) is 4.82. The highest BCUT2D eigenvalue weighted by Gasteiger charge is 2.12. The van der Waals surface area contributed by atoms with Crippen LogP contribution in [0.4, 0.5) is 5.69 Å². The summed E-state index contributed by atoms with van der Waals surface area (Å²) in [5, 5.41) is 13.7.